The molecular weight excluding hydrogens is 262 g/mol. The molecule has 0 aromatic carbocycles. The van der Waals surface area contributed by atoms with Crippen molar-refractivity contribution in [2.24, 2.45) is 5.16 Å². The second kappa shape index (κ2) is 12.3. The van der Waals surface area contributed by atoms with Gasteiger partial charge in [-0.25, -0.2) is 9.97 Å². The number of unbranched alkanes of at least 4 members (excludes halogenated alkanes) is 9. The lowest BCUT2D eigenvalue weighted by molar-refractivity contribution is 0.317. The Morgan fingerprint density at radius 1 is 1.00 bits per heavy atom. The summed E-state index contributed by atoms with van der Waals surface area (Å²) in [7, 11) is 0. The molecule has 0 aliphatic heterocycles. The average Bonchev–Trinajstić information content (AvgIpc) is 2.54. The monoisotopic (exact) mass is 291 g/mol. The summed E-state index contributed by atoms with van der Waals surface area (Å²) in [5, 5.41) is 12.4. The van der Waals surface area contributed by atoms with Gasteiger partial charge in [-0.3, -0.25) is 0 Å². The van der Waals surface area contributed by atoms with Crippen LogP contribution in [-0.4, -0.2) is 20.9 Å². The van der Waals surface area contributed by atoms with Crippen molar-refractivity contribution in [3.8, 4) is 0 Å². The summed E-state index contributed by atoms with van der Waals surface area (Å²) in [6.45, 7) is 2.26. The zero-order chi connectivity index (χ0) is 15.2. The van der Waals surface area contributed by atoms with E-state index in [1.165, 1.54) is 64.1 Å². The maximum atomic E-state index is 9.05. The van der Waals surface area contributed by atoms with Crippen molar-refractivity contribution >= 4 is 5.71 Å². The third kappa shape index (κ3) is 8.43. The summed E-state index contributed by atoms with van der Waals surface area (Å²) in [4.78, 5) is 7.98. The van der Waals surface area contributed by atoms with Gasteiger partial charge in [-0.05, 0) is 18.9 Å². The summed E-state index contributed by atoms with van der Waals surface area (Å²) in [5.74, 6) is 0. The molecule has 0 saturated carbocycles. The fourth-order valence-corrected chi connectivity index (χ4v) is 2.47. The highest BCUT2D eigenvalue weighted by molar-refractivity contribution is 5.98. The minimum atomic E-state index is 0.664. The van der Waals surface area contributed by atoms with Crippen molar-refractivity contribution < 1.29 is 5.21 Å². The van der Waals surface area contributed by atoms with Crippen LogP contribution < -0.4 is 0 Å². The smallest absolute Gasteiger partial charge is 0.116 e. The zero-order valence-corrected chi connectivity index (χ0v) is 13.3. The van der Waals surface area contributed by atoms with Gasteiger partial charge >= 0.3 is 0 Å². The first-order valence-electron chi connectivity index (χ1n) is 8.35. The first-order valence-corrected chi connectivity index (χ1v) is 8.35. The maximum absolute atomic E-state index is 9.05. The van der Waals surface area contributed by atoms with E-state index < -0.39 is 0 Å². The Hall–Kier alpha value is -1.45. The number of oxime groups is 1. The lowest BCUT2D eigenvalue weighted by Crippen LogP contribution is -2.04. The first-order chi connectivity index (χ1) is 10.4. The number of aromatic nitrogens is 2. The van der Waals surface area contributed by atoms with Gasteiger partial charge in [0.15, 0.2) is 0 Å². The third-order valence-corrected chi connectivity index (χ3v) is 3.77. The molecule has 0 radical (unpaired) electrons. The summed E-state index contributed by atoms with van der Waals surface area (Å²) in [6.07, 6.45) is 17.0. The zero-order valence-electron chi connectivity index (χ0n) is 13.3. The molecule has 4 nitrogen and oxygen atoms in total. The van der Waals surface area contributed by atoms with Gasteiger partial charge in [0.1, 0.15) is 12.0 Å². The highest BCUT2D eigenvalue weighted by Gasteiger charge is 2.05. The topological polar surface area (TPSA) is 58.4 Å². The number of hydrogen-bond donors (Lipinski definition) is 1. The molecule has 0 aliphatic rings. The molecule has 1 heterocycles. The number of hydrogen-bond acceptors (Lipinski definition) is 4. The van der Waals surface area contributed by atoms with Gasteiger partial charge in [0.05, 0.1) is 5.69 Å². The largest absolute Gasteiger partial charge is 0.411 e. The highest BCUT2D eigenvalue weighted by atomic mass is 16.4. The Kier molecular flexibility index (Phi) is 10.3. The Labute approximate surface area is 128 Å². The van der Waals surface area contributed by atoms with Crippen LogP contribution in [-0.2, 0) is 0 Å². The van der Waals surface area contributed by atoms with Crippen molar-refractivity contribution in [2.75, 3.05) is 0 Å². The van der Waals surface area contributed by atoms with E-state index in [1.807, 2.05) is 0 Å². The molecule has 1 N–H and O–H groups in total. The standard InChI is InChI=1S/C17H29N3O/c1-2-3-4-5-6-7-8-9-10-11-12-17(20-21)16-13-14-18-15-19-16/h13-15,21H,2-12H2,1H3/b20-17-. The molecule has 4 heteroatoms. The molecule has 1 rings (SSSR count). The fourth-order valence-electron chi connectivity index (χ4n) is 2.47. The van der Waals surface area contributed by atoms with Crippen molar-refractivity contribution in [3.63, 3.8) is 0 Å². The van der Waals surface area contributed by atoms with E-state index in [0.29, 0.717) is 5.71 Å². The molecule has 1 aromatic heterocycles. The SMILES string of the molecule is CCCCCCCCCCCC/C(=N/O)c1ccncn1. The van der Waals surface area contributed by atoms with Crippen LogP contribution in [0.3, 0.4) is 0 Å². The van der Waals surface area contributed by atoms with Gasteiger partial charge in [-0.1, -0.05) is 69.9 Å². The lowest BCUT2D eigenvalue weighted by Gasteiger charge is -2.04. The predicted octanol–water partition coefficient (Wildman–Crippen LogP) is 4.97. The van der Waals surface area contributed by atoms with Gasteiger partial charge < -0.3 is 5.21 Å². The van der Waals surface area contributed by atoms with Crippen LogP contribution >= 0.6 is 0 Å². The Balaban J connectivity index is 2.01. The lowest BCUT2D eigenvalue weighted by atomic mass is 10.0. The minimum Gasteiger partial charge on any atom is -0.411 e. The van der Waals surface area contributed by atoms with Crippen LogP contribution in [0.4, 0.5) is 0 Å². The van der Waals surface area contributed by atoms with Gasteiger partial charge in [0, 0.05) is 6.20 Å². The Bertz CT molecular complexity index is 379. The quantitative estimate of drug-likeness (QED) is 0.256. The molecule has 0 unspecified atom stereocenters. The predicted molar refractivity (Wildman–Crippen MR) is 86.8 cm³/mol. The molecule has 0 spiro atoms. The van der Waals surface area contributed by atoms with E-state index in [1.54, 1.807) is 12.3 Å². The van der Waals surface area contributed by atoms with Crippen LogP contribution in [0.5, 0.6) is 0 Å². The van der Waals surface area contributed by atoms with Crippen LogP contribution in [0, 0.1) is 0 Å². The number of rotatable bonds is 12. The second-order valence-corrected chi connectivity index (χ2v) is 5.57. The van der Waals surface area contributed by atoms with Crippen LogP contribution in [0.15, 0.2) is 23.7 Å². The van der Waals surface area contributed by atoms with Crippen molar-refractivity contribution in [3.05, 3.63) is 24.3 Å². The van der Waals surface area contributed by atoms with E-state index in [2.05, 4.69) is 22.0 Å². The van der Waals surface area contributed by atoms with Crippen molar-refractivity contribution in [1.82, 2.24) is 9.97 Å². The minimum absolute atomic E-state index is 0.664. The third-order valence-electron chi connectivity index (χ3n) is 3.77. The summed E-state index contributed by atoms with van der Waals surface area (Å²) in [6, 6.07) is 1.78. The van der Waals surface area contributed by atoms with Gasteiger partial charge in [0.2, 0.25) is 0 Å². The molecular formula is C17H29N3O. The molecule has 21 heavy (non-hydrogen) atoms. The Morgan fingerprint density at radius 2 is 1.62 bits per heavy atom. The average molecular weight is 291 g/mol. The molecule has 0 fully saturated rings. The van der Waals surface area contributed by atoms with E-state index in [0.717, 1.165) is 18.5 Å². The number of nitrogens with zero attached hydrogens (tertiary/aromatic N) is 3. The van der Waals surface area contributed by atoms with Gasteiger partial charge in [-0.15, -0.1) is 0 Å². The van der Waals surface area contributed by atoms with E-state index in [-0.39, 0.29) is 0 Å². The fraction of sp³-hybridized carbons (Fsp3) is 0.706. The van der Waals surface area contributed by atoms with Crippen LogP contribution in [0.25, 0.3) is 0 Å². The normalized spacial score (nSPS) is 11.8. The highest BCUT2D eigenvalue weighted by Crippen LogP contribution is 2.12. The van der Waals surface area contributed by atoms with Gasteiger partial charge in [-0.2, -0.15) is 0 Å². The van der Waals surface area contributed by atoms with Crippen LogP contribution in [0.2, 0.25) is 0 Å². The molecule has 0 aliphatic carbocycles. The van der Waals surface area contributed by atoms with Crippen LogP contribution in [0.1, 0.15) is 83.2 Å². The summed E-state index contributed by atoms with van der Waals surface area (Å²) >= 11 is 0. The second-order valence-electron chi connectivity index (χ2n) is 5.57. The van der Waals surface area contributed by atoms with Gasteiger partial charge in [0.25, 0.3) is 0 Å². The summed E-state index contributed by atoms with van der Waals surface area (Å²) in [5.41, 5.74) is 1.39. The molecule has 0 bridgehead atoms. The first kappa shape index (κ1) is 17.6. The molecule has 1 aromatic rings. The van der Waals surface area contributed by atoms with E-state index in [9.17, 15) is 0 Å². The molecule has 0 atom stereocenters. The van der Waals surface area contributed by atoms with Crippen molar-refractivity contribution in [2.45, 2.75) is 77.6 Å². The maximum Gasteiger partial charge on any atom is 0.116 e. The Morgan fingerprint density at radius 3 is 2.14 bits per heavy atom. The molecule has 118 valence electrons. The summed E-state index contributed by atoms with van der Waals surface area (Å²) < 4.78 is 0. The molecule has 0 amide bonds. The van der Waals surface area contributed by atoms with Crippen molar-refractivity contribution in [1.29, 1.82) is 0 Å². The van der Waals surface area contributed by atoms with E-state index >= 15 is 0 Å². The molecule has 0 saturated heterocycles. The van der Waals surface area contributed by atoms with E-state index in [4.69, 9.17) is 5.21 Å².